The lowest BCUT2D eigenvalue weighted by Gasteiger charge is -1.88. The van der Waals surface area contributed by atoms with Crippen LogP contribution < -0.4 is 0 Å². The lowest BCUT2D eigenvalue weighted by molar-refractivity contribution is 0.289. The number of aliphatic hydroxyl groups excluding tert-OH is 1. The third kappa shape index (κ3) is 7.99. The predicted octanol–water partition coefficient (Wildman–Crippen LogP) is 2.33. The second kappa shape index (κ2) is 8.99. The zero-order valence-corrected chi connectivity index (χ0v) is 6.98. The summed E-state index contributed by atoms with van der Waals surface area (Å²) < 4.78 is 0. The van der Waals surface area contributed by atoms with Crippen molar-refractivity contribution in [3.8, 4) is 0 Å². The number of aliphatic hydroxyl groups is 1. The van der Waals surface area contributed by atoms with Crippen LogP contribution in [0.1, 0.15) is 25.7 Å². The van der Waals surface area contributed by atoms with E-state index in [0.29, 0.717) is 6.61 Å². The van der Waals surface area contributed by atoms with Gasteiger partial charge in [-0.15, -0.1) is 11.6 Å². The van der Waals surface area contributed by atoms with Gasteiger partial charge < -0.3 is 5.11 Å². The number of unbranched alkanes of at least 4 members (excludes halogenated alkanes) is 2. The molecule has 0 heterocycles. The van der Waals surface area contributed by atoms with Crippen LogP contribution in [-0.4, -0.2) is 17.6 Å². The second-order valence-corrected chi connectivity index (χ2v) is 2.55. The Morgan fingerprint density at radius 3 is 2.20 bits per heavy atom. The molecule has 0 radical (unpaired) electrons. The first-order valence-corrected chi connectivity index (χ1v) is 4.27. The summed E-state index contributed by atoms with van der Waals surface area (Å²) in [6.45, 7) is 0.292. The van der Waals surface area contributed by atoms with Crippen molar-refractivity contribution in [3.05, 3.63) is 12.2 Å². The van der Waals surface area contributed by atoms with E-state index in [1.165, 1.54) is 0 Å². The van der Waals surface area contributed by atoms with Gasteiger partial charge in [0, 0.05) is 12.5 Å². The van der Waals surface area contributed by atoms with E-state index >= 15 is 0 Å². The zero-order valence-electron chi connectivity index (χ0n) is 6.22. The molecule has 0 amide bonds. The first-order valence-electron chi connectivity index (χ1n) is 3.73. The largest absolute Gasteiger partial charge is 0.396 e. The minimum Gasteiger partial charge on any atom is -0.396 e. The summed E-state index contributed by atoms with van der Waals surface area (Å²) in [6.07, 6.45) is 8.20. The Labute approximate surface area is 67.7 Å². The Balaban J connectivity index is 2.89. The quantitative estimate of drug-likeness (QED) is 0.361. The maximum atomic E-state index is 8.41. The first-order chi connectivity index (χ1) is 4.91. The Bertz CT molecular complexity index is 71.3. The highest BCUT2D eigenvalue weighted by molar-refractivity contribution is 6.17. The van der Waals surface area contributed by atoms with Crippen molar-refractivity contribution >= 4 is 11.6 Å². The average molecular weight is 163 g/mol. The van der Waals surface area contributed by atoms with Gasteiger partial charge in [0.1, 0.15) is 0 Å². The minimum atomic E-state index is 0.292. The van der Waals surface area contributed by atoms with Gasteiger partial charge in [-0.3, -0.25) is 0 Å². The van der Waals surface area contributed by atoms with E-state index in [2.05, 4.69) is 12.2 Å². The van der Waals surface area contributed by atoms with Crippen LogP contribution in [-0.2, 0) is 0 Å². The van der Waals surface area contributed by atoms with Crippen molar-refractivity contribution in [2.24, 2.45) is 0 Å². The molecule has 0 aliphatic heterocycles. The standard InChI is InChI=1S/C8H15ClO/c9-7-5-3-1-2-4-6-8-10/h1-2,10H,3-8H2/b2-1+. The van der Waals surface area contributed by atoms with Gasteiger partial charge in [0.05, 0.1) is 0 Å². The molecule has 60 valence electrons. The van der Waals surface area contributed by atoms with Gasteiger partial charge >= 0.3 is 0 Å². The minimum absolute atomic E-state index is 0.292. The number of rotatable bonds is 6. The van der Waals surface area contributed by atoms with Crippen molar-refractivity contribution in [1.29, 1.82) is 0 Å². The molecule has 0 spiro atoms. The molecule has 10 heavy (non-hydrogen) atoms. The second-order valence-electron chi connectivity index (χ2n) is 2.17. The van der Waals surface area contributed by atoms with E-state index in [9.17, 15) is 0 Å². The van der Waals surface area contributed by atoms with E-state index < -0.39 is 0 Å². The van der Waals surface area contributed by atoms with Crippen LogP contribution in [0, 0.1) is 0 Å². The number of allylic oxidation sites excluding steroid dienone is 2. The molecule has 2 heteroatoms. The summed E-state index contributed by atoms with van der Waals surface area (Å²) in [4.78, 5) is 0. The molecule has 0 atom stereocenters. The third-order valence-corrected chi connectivity index (χ3v) is 1.47. The van der Waals surface area contributed by atoms with E-state index in [-0.39, 0.29) is 0 Å². The first kappa shape index (κ1) is 9.99. The molecular formula is C8H15ClO. The van der Waals surface area contributed by atoms with Crippen molar-refractivity contribution in [2.75, 3.05) is 12.5 Å². The fraction of sp³-hybridized carbons (Fsp3) is 0.750. The number of halogens is 1. The third-order valence-electron chi connectivity index (χ3n) is 1.20. The van der Waals surface area contributed by atoms with E-state index in [4.69, 9.17) is 16.7 Å². The molecule has 0 aliphatic rings. The molecule has 0 unspecified atom stereocenters. The van der Waals surface area contributed by atoms with Gasteiger partial charge in [0.2, 0.25) is 0 Å². The Kier molecular flexibility index (Phi) is 8.98. The molecule has 0 rings (SSSR count). The summed E-state index contributed by atoms with van der Waals surface area (Å²) in [7, 11) is 0. The normalized spacial score (nSPS) is 11.0. The number of hydrogen-bond donors (Lipinski definition) is 1. The zero-order chi connectivity index (χ0) is 7.66. The Hall–Kier alpha value is -0.0100. The maximum absolute atomic E-state index is 8.41. The average Bonchev–Trinajstić information content (AvgIpc) is 1.97. The summed E-state index contributed by atoms with van der Waals surface area (Å²) in [5.41, 5.74) is 0. The molecular weight excluding hydrogens is 148 g/mol. The van der Waals surface area contributed by atoms with Crippen molar-refractivity contribution in [2.45, 2.75) is 25.7 Å². The molecule has 1 nitrogen and oxygen atoms in total. The maximum Gasteiger partial charge on any atom is 0.0433 e. The van der Waals surface area contributed by atoms with Gasteiger partial charge in [0.25, 0.3) is 0 Å². The fourth-order valence-electron chi connectivity index (χ4n) is 0.640. The molecule has 0 aliphatic carbocycles. The summed E-state index contributed by atoms with van der Waals surface area (Å²) in [5, 5.41) is 8.41. The Morgan fingerprint density at radius 1 is 1.10 bits per heavy atom. The SMILES string of the molecule is OCCC/C=C/CCCCl. The molecule has 0 fully saturated rings. The molecule has 1 N–H and O–H groups in total. The molecule has 0 bridgehead atoms. The van der Waals surface area contributed by atoms with Crippen molar-refractivity contribution in [1.82, 2.24) is 0 Å². The van der Waals surface area contributed by atoms with Crippen LogP contribution >= 0.6 is 11.6 Å². The fourth-order valence-corrected chi connectivity index (χ4v) is 0.794. The van der Waals surface area contributed by atoms with E-state index in [0.717, 1.165) is 31.6 Å². The smallest absolute Gasteiger partial charge is 0.0433 e. The summed E-state index contributed by atoms with van der Waals surface area (Å²) in [5.74, 6) is 0.740. The molecule has 0 aromatic carbocycles. The summed E-state index contributed by atoms with van der Waals surface area (Å²) in [6, 6.07) is 0. The highest BCUT2D eigenvalue weighted by Crippen LogP contribution is 1.95. The topological polar surface area (TPSA) is 20.2 Å². The van der Waals surface area contributed by atoms with Gasteiger partial charge in [-0.2, -0.15) is 0 Å². The highest BCUT2D eigenvalue weighted by atomic mass is 35.5. The van der Waals surface area contributed by atoms with Crippen LogP contribution in [0.25, 0.3) is 0 Å². The predicted molar refractivity (Wildman–Crippen MR) is 45.4 cm³/mol. The highest BCUT2D eigenvalue weighted by Gasteiger charge is 1.80. The molecule has 0 saturated heterocycles. The number of alkyl halides is 1. The molecule has 0 aromatic heterocycles. The lowest BCUT2D eigenvalue weighted by atomic mass is 10.2. The van der Waals surface area contributed by atoms with Gasteiger partial charge in [-0.1, -0.05) is 12.2 Å². The van der Waals surface area contributed by atoms with Gasteiger partial charge in [-0.25, -0.2) is 0 Å². The van der Waals surface area contributed by atoms with Crippen LogP contribution in [0.2, 0.25) is 0 Å². The number of hydrogen-bond acceptors (Lipinski definition) is 1. The van der Waals surface area contributed by atoms with Crippen LogP contribution in [0.15, 0.2) is 12.2 Å². The van der Waals surface area contributed by atoms with E-state index in [1.807, 2.05) is 0 Å². The summed E-state index contributed by atoms with van der Waals surface area (Å²) >= 11 is 5.47. The van der Waals surface area contributed by atoms with Crippen LogP contribution in [0.3, 0.4) is 0 Å². The van der Waals surface area contributed by atoms with Crippen molar-refractivity contribution < 1.29 is 5.11 Å². The lowest BCUT2D eigenvalue weighted by Crippen LogP contribution is -1.78. The monoisotopic (exact) mass is 162 g/mol. The van der Waals surface area contributed by atoms with Gasteiger partial charge in [0.15, 0.2) is 0 Å². The van der Waals surface area contributed by atoms with Crippen LogP contribution in [0.4, 0.5) is 0 Å². The van der Waals surface area contributed by atoms with E-state index in [1.54, 1.807) is 0 Å². The molecule has 0 aromatic rings. The van der Waals surface area contributed by atoms with Crippen LogP contribution in [0.5, 0.6) is 0 Å². The molecule has 0 saturated carbocycles. The Morgan fingerprint density at radius 2 is 1.70 bits per heavy atom. The van der Waals surface area contributed by atoms with Crippen molar-refractivity contribution in [3.63, 3.8) is 0 Å². The van der Waals surface area contributed by atoms with Gasteiger partial charge in [-0.05, 0) is 25.7 Å².